The minimum Gasteiger partial charge on any atom is -0.380 e. The van der Waals surface area contributed by atoms with E-state index in [0.29, 0.717) is 19.7 Å². The molecule has 24 heavy (non-hydrogen) atoms. The van der Waals surface area contributed by atoms with Gasteiger partial charge < -0.3 is 19.9 Å². The first-order chi connectivity index (χ1) is 11.3. The highest BCUT2D eigenvalue weighted by Gasteiger charge is 2.06. The van der Waals surface area contributed by atoms with E-state index in [0.717, 1.165) is 36.1 Å². The standard InChI is InChI=1S/C17H24N4O2.HI/c1-3-18-17(19-10-11-22-4-2)20-13-15-12-16(23-21-15)14-8-6-5-7-9-14;/h5-9,12H,3-4,10-11,13H2,1-2H3,(H2,18,19,20);1H. The maximum absolute atomic E-state index is 5.38. The topological polar surface area (TPSA) is 71.7 Å². The summed E-state index contributed by atoms with van der Waals surface area (Å²) in [7, 11) is 0. The molecule has 0 aliphatic rings. The van der Waals surface area contributed by atoms with Gasteiger partial charge in [0, 0.05) is 31.3 Å². The molecule has 1 aromatic carbocycles. The second kappa shape index (κ2) is 11.9. The van der Waals surface area contributed by atoms with Crippen molar-refractivity contribution in [3.8, 4) is 11.3 Å². The van der Waals surface area contributed by atoms with Crippen LogP contribution in [0, 0.1) is 0 Å². The fourth-order valence-electron chi connectivity index (χ4n) is 2.01. The third-order valence-electron chi connectivity index (χ3n) is 3.10. The van der Waals surface area contributed by atoms with Crippen LogP contribution in [0.4, 0.5) is 0 Å². The van der Waals surface area contributed by atoms with Gasteiger partial charge in [0.25, 0.3) is 0 Å². The fourth-order valence-corrected chi connectivity index (χ4v) is 2.01. The van der Waals surface area contributed by atoms with Gasteiger partial charge in [-0.25, -0.2) is 4.99 Å². The second-order valence-corrected chi connectivity index (χ2v) is 4.87. The van der Waals surface area contributed by atoms with Crippen molar-refractivity contribution in [2.75, 3.05) is 26.3 Å². The Morgan fingerprint density at radius 2 is 2.00 bits per heavy atom. The maximum Gasteiger partial charge on any atom is 0.191 e. The third-order valence-corrected chi connectivity index (χ3v) is 3.10. The van der Waals surface area contributed by atoms with E-state index < -0.39 is 0 Å². The number of rotatable bonds is 8. The summed E-state index contributed by atoms with van der Waals surface area (Å²) < 4.78 is 10.7. The van der Waals surface area contributed by atoms with Gasteiger partial charge in [-0.1, -0.05) is 35.5 Å². The Hall–Kier alpha value is -1.61. The van der Waals surface area contributed by atoms with E-state index in [-0.39, 0.29) is 24.0 Å². The van der Waals surface area contributed by atoms with Gasteiger partial charge in [-0.3, -0.25) is 0 Å². The first kappa shape index (κ1) is 20.4. The number of hydrogen-bond donors (Lipinski definition) is 2. The van der Waals surface area contributed by atoms with E-state index in [2.05, 4.69) is 20.8 Å². The number of guanidine groups is 1. The summed E-state index contributed by atoms with van der Waals surface area (Å²) in [5.74, 6) is 1.50. The van der Waals surface area contributed by atoms with Gasteiger partial charge >= 0.3 is 0 Å². The number of aromatic nitrogens is 1. The van der Waals surface area contributed by atoms with Gasteiger partial charge in [0.05, 0.1) is 13.2 Å². The van der Waals surface area contributed by atoms with Crippen LogP contribution in [0.2, 0.25) is 0 Å². The number of nitrogens with one attached hydrogen (secondary N) is 2. The first-order valence-corrected chi connectivity index (χ1v) is 7.94. The lowest BCUT2D eigenvalue weighted by molar-refractivity contribution is 0.152. The molecule has 0 amide bonds. The van der Waals surface area contributed by atoms with Gasteiger partial charge in [-0.2, -0.15) is 0 Å². The quantitative estimate of drug-likeness (QED) is 0.284. The van der Waals surface area contributed by atoms with Gasteiger partial charge in [0.2, 0.25) is 0 Å². The van der Waals surface area contributed by atoms with Crippen LogP contribution >= 0.6 is 24.0 Å². The Morgan fingerprint density at radius 3 is 2.71 bits per heavy atom. The van der Waals surface area contributed by atoms with E-state index in [4.69, 9.17) is 9.26 Å². The van der Waals surface area contributed by atoms with Crippen molar-refractivity contribution in [3.63, 3.8) is 0 Å². The number of hydrogen-bond acceptors (Lipinski definition) is 4. The lowest BCUT2D eigenvalue weighted by Gasteiger charge is -2.10. The van der Waals surface area contributed by atoms with Crippen molar-refractivity contribution in [2.45, 2.75) is 20.4 Å². The molecular weight excluding hydrogens is 419 g/mol. The number of nitrogens with zero attached hydrogens (tertiary/aromatic N) is 2. The van der Waals surface area contributed by atoms with Crippen LogP contribution < -0.4 is 10.6 Å². The molecule has 0 saturated heterocycles. The molecule has 0 aliphatic carbocycles. The van der Waals surface area contributed by atoms with E-state index in [9.17, 15) is 0 Å². The zero-order chi connectivity index (χ0) is 16.3. The lowest BCUT2D eigenvalue weighted by atomic mass is 10.2. The average Bonchev–Trinajstić information content (AvgIpc) is 3.06. The fraction of sp³-hybridized carbons (Fsp3) is 0.412. The summed E-state index contributed by atoms with van der Waals surface area (Å²) in [6, 6.07) is 11.8. The molecule has 1 heterocycles. The summed E-state index contributed by atoms with van der Waals surface area (Å²) in [5, 5.41) is 10.5. The van der Waals surface area contributed by atoms with Crippen LogP contribution in [0.5, 0.6) is 0 Å². The monoisotopic (exact) mass is 444 g/mol. The van der Waals surface area contributed by atoms with Gasteiger partial charge in [-0.05, 0) is 13.8 Å². The molecule has 132 valence electrons. The molecule has 0 aliphatic heterocycles. The summed E-state index contributed by atoms with van der Waals surface area (Å²) in [5.41, 5.74) is 1.81. The van der Waals surface area contributed by atoms with Gasteiger partial charge in [0.15, 0.2) is 11.7 Å². The summed E-state index contributed by atoms with van der Waals surface area (Å²) in [6.45, 7) is 7.36. The van der Waals surface area contributed by atoms with E-state index >= 15 is 0 Å². The molecule has 0 fully saturated rings. The largest absolute Gasteiger partial charge is 0.380 e. The molecule has 0 bridgehead atoms. The number of halogens is 1. The third kappa shape index (κ3) is 6.88. The van der Waals surface area contributed by atoms with Crippen LogP contribution in [0.1, 0.15) is 19.5 Å². The van der Waals surface area contributed by atoms with Crippen LogP contribution in [-0.4, -0.2) is 37.4 Å². The van der Waals surface area contributed by atoms with Gasteiger partial charge in [-0.15, -0.1) is 24.0 Å². The van der Waals surface area contributed by atoms with Crippen molar-refractivity contribution in [1.82, 2.24) is 15.8 Å². The molecule has 0 unspecified atom stereocenters. The zero-order valence-corrected chi connectivity index (χ0v) is 16.4. The van der Waals surface area contributed by atoms with Crippen LogP contribution in [0.3, 0.4) is 0 Å². The van der Waals surface area contributed by atoms with E-state index in [1.54, 1.807) is 0 Å². The van der Waals surface area contributed by atoms with Gasteiger partial charge in [0.1, 0.15) is 5.69 Å². The molecular formula is C17H25IN4O2. The zero-order valence-electron chi connectivity index (χ0n) is 14.1. The summed E-state index contributed by atoms with van der Waals surface area (Å²) in [4.78, 5) is 4.50. The highest BCUT2D eigenvalue weighted by Crippen LogP contribution is 2.19. The van der Waals surface area contributed by atoms with E-state index in [1.807, 2.05) is 50.2 Å². The van der Waals surface area contributed by atoms with Crippen molar-refractivity contribution < 1.29 is 9.26 Å². The summed E-state index contributed by atoms with van der Waals surface area (Å²) in [6.07, 6.45) is 0. The SMILES string of the molecule is CCNC(=NCc1cc(-c2ccccc2)on1)NCCOCC.I. The lowest BCUT2D eigenvalue weighted by Crippen LogP contribution is -2.39. The summed E-state index contributed by atoms with van der Waals surface area (Å²) >= 11 is 0. The average molecular weight is 444 g/mol. The normalized spacial score (nSPS) is 11.0. The predicted octanol–water partition coefficient (Wildman–Crippen LogP) is 3.05. The molecule has 0 radical (unpaired) electrons. The van der Waals surface area contributed by atoms with Crippen molar-refractivity contribution in [1.29, 1.82) is 0 Å². The number of aliphatic imine (C=N–C) groups is 1. The Balaban J connectivity index is 0.00000288. The molecule has 0 atom stereocenters. The molecule has 6 nitrogen and oxygen atoms in total. The molecule has 7 heteroatoms. The Kier molecular flexibility index (Phi) is 10.1. The van der Waals surface area contributed by atoms with Crippen molar-refractivity contribution in [2.24, 2.45) is 4.99 Å². The highest BCUT2D eigenvalue weighted by molar-refractivity contribution is 14.0. The molecule has 2 aromatic rings. The molecule has 2 rings (SSSR count). The van der Waals surface area contributed by atoms with Crippen LogP contribution in [0.25, 0.3) is 11.3 Å². The van der Waals surface area contributed by atoms with Crippen LogP contribution in [-0.2, 0) is 11.3 Å². The number of benzene rings is 1. The Morgan fingerprint density at radius 1 is 1.21 bits per heavy atom. The van der Waals surface area contributed by atoms with Crippen molar-refractivity contribution in [3.05, 3.63) is 42.1 Å². The molecule has 1 aromatic heterocycles. The Bertz CT molecular complexity index is 602. The Labute approximate surface area is 160 Å². The highest BCUT2D eigenvalue weighted by atomic mass is 127. The predicted molar refractivity (Wildman–Crippen MR) is 107 cm³/mol. The second-order valence-electron chi connectivity index (χ2n) is 4.87. The minimum absolute atomic E-state index is 0. The molecule has 0 saturated carbocycles. The minimum atomic E-state index is 0. The molecule has 0 spiro atoms. The first-order valence-electron chi connectivity index (χ1n) is 7.94. The van der Waals surface area contributed by atoms with Crippen LogP contribution in [0.15, 0.2) is 45.9 Å². The van der Waals surface area contributed by atoms with Crippen molar-refractivity contribution >= 4 is 29.9 Å². The molecule has 2 N–H and O–H groups in total. The van der Waals surface area contributed by atoms with E-state index in [1.165, 1.54) is 0 Å². The smallest absolute Gasteiger partial charge is 0.191 e. The maximum atomic E-state index is 5.38. The number of ether oxygens (including phenoxy) is 1.